The number of rotatable bonds is 5. The maximum Gasteiger partial charge on any atom is 0.196 e. The zero-order chi connectivity index (χ0) is 21.3. The number of fused-ring (bicyclic) bond motifs is 1. The molecule has 2 atom stereocenters. The predicted octanol–water partition coefficient (Wildman–Crippen LogP) is 6.91. The van der Waals surface area contributed by atoms with Gasteiger partial charge in [0.15, 0.2) is 5.78 Å². The Balaban J connectivity index is 0.000000372. The SMILES string of the molecule is C1CC2CC12.COc1ccc(C(=O)c2c(Cc3ccccc3Br)oc(C)c2C)cc1. The molecule has 2 fully saturated rings. The third kappa shape index (κ3) is 4.39. The maximum atomic E-state index is 13.1. The largest absolute Gasteiger partial charge is 0.497 e. The number of halogens is 1. The lowest BCUT2D eigenvalue weighted by molar-refractivity contribution is 0.103. The minimum atomic E-state index is -0.0287. The van der Waals surface area contributed by atoms with Crippen LogP contribution >= 0.6 is 15.9 Å². The van der Waals surface area contributed by atoms with Gasteiger partial charge in [0, 0.05) is 22.0 Å². The Bertz CT molecular complexity index is 1040. The van der Waals surface area contributed by atoms with Gasteiger partial charge in [-0.25, -0.2) is 0 Å². The van der Waals surface area contributed by atoms with Crippen LogP contribution in [-0.4, -0.2) is 12.9 Å². The monoisotopic (exact) mass is 466 g/mol. The van der Waals surface area contributed by atoms with Crippen molar-refractivity contribution in [1.82, 2.24) is 0 Å². The van der Waals surface area contributed by atoms with Crippen LogP contribution in [0.25, 0.3) is 0 Å². The molecule has 2 aliphatic rings. The normalized spacial score (nSPS) is 18.5. The van der Waals surface area contributed by atoms with Gasteiger partial charge in [-0.15, -0.1) is 0 Å². The molecule has 2 saturated carbocycles. The van der Waals surface area contributed by atoms with Crippen molar-refractivity contribution in [3.8, 4) is 5.75 Å². The average Bonchev–Trinajstić information content (AvgIpc) is 3.23. The lowest BCUT2D eigenvalue weighted by atomic mass is 9.97. The van der Waals surface area contributed by atoms with Crippen molar-refractivity contribution in [2.24, 2.45) is 11.8 Å². The van der Waals surface area contributed by atoms with Crippen LogP contribution in [-0.2, 0) is 6.42 Å². The summed E-state index contributed by atoms with van der Waals surface area (Å²) in [5, 5.41) is 0. The van der Waals surface area contributed by atoms with E-state index in [1.54, 1.807) is 50.6 Å². The van der Waals surface area contributed by atoms with Crippen LogP contribution in [0.1, 0.15) is 57.8 Å². The summed E-state index contributed by atoms with van der Waals surface area (Å²) in [7, 11) is 1.61. The quantitative estimate of drug-likeness (QED) is 0.383. The lowest BCUT2D eigenvalue weighted by Gasteiger charge is -2.06. The molecule has 5 rings (SSSR count). The van der Waals surface area contributed by atoms with Crippen LogP contribution in [0.4, 0.5) is 0 Å². The first-order chi connectivity index (χ1) is 14.5. The highest BCUT2D eigenvalue weighted by atomic mass is 79.9. The maximum absolute atomic E-state index is 13.1. The van der Waals surface area contributed by atoms with Gasteiger partial charge in [-0.05, 0) is 80.8 Å². The summed E-state index contributed by atoms with van der Waals surface area (Å²) < 4.78 is 12.1. The fourth-order valence-electron chi connectivity index (χ4n) is 4.00. The zero-order valence-electron chi connectivity index (χ0n) is 17.7. The van der Waals surface area contributed by atoms with Crippen molar-refractivity contribution in [1.29, 1.82) is 0 Å². The van der Waals surface area contributed by atoms with Gasteiger partial charge in [0.05, 0.1) is 12.7 Å². The van der Waals surface area contributed by atoms with E-state index in [1.807, 2.05) is 38.1 Å². The first kappa shape index (κ1) is 20.9. The molecule has 0 saturated heterocycles. The van der Waals surface area contributed by atoms with E-state index < -0.39 is 0 Å². The van der Waals surface area contributed by atoms with Gasteiger partial charge in [0.2, 0.25) is 0 Å². The van der Waals surface area contributed by atoms with Crippen molar-refractivity contribution in [3.63, 3.8) is 0 Å². The summed E-state index contributed by atoms with van der Waals surface area (Å²) in [6, 6.07) is 15.1. The van der Waals surface area contributed by atoms with Gasteiger partial charge >= 0.3 is 0 Å². The van der Waals surface area contributed by atoms with E-state index in [0.29, 0.717) is 23.3 Å². The van der Waals surface area contributed by atoms with Gasteiger partial charge in [-0.1, -0.05) is 34.1 Å². The molecule has 2 aromatic carbocycles. The number of hydrogen-bond acceptors (Lipinski definition) is 3. The molecule has 1 heterocycles. The molecule has 0 radical (unpaired) electrons. The number of furan rings is 1. The molecule has 0 N–H and O–H groups in total. The number of aryl methyl sites for hydroxylation is 1. The minimum absolute atomic E-state index is 0.0287. The van der Waals surface area contributed by atoms with Crippen LogP contribution in [0.15, 0.2) is 57.4 Å². The third-order valence-electron chi connectivity index (χ3n) is 6.32. The van der Waals surface area contributed by atoms with Gasteiger partial charge in [0.1, 0.15) is 17.3 Å². The number of ether oxygens (including phenoxy) is 1. The van der Waals surface area contributed by atoms with Crippen molar-refractivity contribution in [3.05, 3.63) is 86.8 Å². The number of methoxy groups -OCH3 is 1. The molecule has 3 aromatic rings. The third-order valence-corrected chi connectivity index (χ3v) is 7.10. The molecule has 3 nitrogen and oxygen atoms in total. The predicted molar refractivity (Wildman–Crippen MR) is 122 cm³/mol. The number of carbonyl (C=O) groups excluding carboxylic acids is 1. The van der Waals surface area contributed by atoms with Gasteiger partial charge in [-0.3, -0.25) is 4.79 Å². The van der Waals surface area contributed by atoms with E-state index >= 15 is 0 Å². The second-order valence-corrected chi connectivity index (χ2v) is 9.09. The molecular weight excluding hydrogens is 440 g/mol. The van der Waals surface area contributed by atoms with Crippen LogP contribution in [0.2, 0.25) is 0 Å². The second kappa shape index (κ2) is 8.81. The van der Waals surface area contributed by atoms with Crippen molar-refractivity contribution in [2.75, 3.05) is 7.11 Å². The number of carbonyl (C=O) groups is 1. The molecule has 2 unspecified atom stereocenters. The minimum Gasteiger partial charge on any atom is -0.497 e. The molecule has 1 aromatic heterocycles. The van der Waals surface area contributed by atoms with E-state index in [-0.39, 0.29) is 5.78 Å². The summed E-state index contributed by atoms with van der Waals surface area (Å²) >= 11 is 3.56. The topological polar surface area (TPSA) is 39.4 Å². The smallest absolute Gasteiger partial charge is 0.196 e. The van der Waals surface area contributed by atoms with Crippen LogP contribution in [0.3, 0.4) is 0 Å². The van der Waals surface area contributed by atoms with Crippen LogP contribution < -0.4 is 4.74 Å². The highest BCUT2D eigenvalue weighted by Gasteiger charge is 2.44. The van der Waals surface area contributed by atoms with Crippen molar-refractivity contribution in [2.45, 2.75) is 39.5 Å². The average molecular weight is 467 g/mol. The molecule has 156 valence electrons. The molecule has 0 amide bonds. The van der Waals surface area contributed by atoms with E-state index in [0.717, 1.165) is 27.1 Å². The number of hydrogen-bond donors (Lipinski definition) is 0. The second-order valence-electron chi connectivity index (χ2n) is 8.24. The summed E-state index contributed by atoms with van der Waals surface area (Å²) in [5.74, 6) is 4.63. The fraction of sp³-hybridized carbons (Fsp3) is 0.346. The standard InChI is InChI=1S/C21H19BrO3.C5H8/c1-13-14(2)25-19(12-16-6-4-5-7-18(16)22)20(13)21(23)15-8-10-17(24-3)11-9-15;1-2-5-3-4(1)5/h4-11H,12H2,1-3H3;4-5H,1-3H2. The molecule has 0 aliphatic heterocycles. The number of benzene rings is 2. The summed E-state index contributed by atoms with van der Waals surface area (Å²) in [4.78, 5) is 13.1. The summed E-state index contributed by atoms with van der Waals surface area (Å²) in [6.45, 7) is 3.82. The fourth-order valence-corrected chi connectivity index (χ4v) is 4.43. The van der Waals surface area contributed by atoms with Crippen LogP contribution in [0, 0.1) is 25.7 Å². The lowest BCUT2D eigenvalue weighted by Crippen LogP contribution is -2.06. The molecule has 0 spiro atoms. The van der Waals surface area contributed by atoms with E-state index in [9.17, 15) is 4.79 Å². The Kier molecular flexibility index (Phi) is 6.14. The molecule has 0 bridgehead atoms. The first-order valence-corrected chi connectivity index (χ1v) is 11.3. The Morgan fingerprint density at radius 2 is 1.73 bits per heavy atom. The number of ketones is 1. The molecule has 4 heteroatoms. The zero-order valence-corrected chi connectivity index (χ0v) is 19.3. The summed E-state index contributed by atoms with van der Waals surface area (Å²) in [5.41, 5.74) is 3.25. The van der Waals surface area contributed by atoms with Crippen molar-refractivity contribution >= 4 is 21.7 Å². The molecule has 30 heavy (non-hydrogen) atoms. The molecular formula is C26H27BrO3. The Hall–Kier alpha value is -2.33. The Morgan fingerprint density at radius 1 is 1.07 bits per heavy atom. The first-order valence-electron chi connectivity index (χ1n) is 10.5. The van der Waals surface area contributed by atoms with Gasteiger partial charge in [0.25, 0.3) is 0 Å². The Morgan fingerprint density at radius 3 is 2.27 bits per heavy atom. The highest BCUT2D eigenvalue weighted by Crippen LogP contribution is 2.55. The van der Waals surface area contributed by atoms with E-state index in [4.69, 9.17) is 9.15 Å². The van der Waals surface area contributed by atoms with E-state index in [2.05, 4.69) is 15.9 Å². The van der Waals surface area contributed by atoms with E-state index in [1.165, 1.54) is 11.8 Å². The summed E-state index contributed by atoms with van der Waals surface area (Å²) in [6.07, 6.45) is 5.27. The van der Waals surface area contributed by atoms with Gasteiger partial charge in [-0.2, -0.15) is 0 Å². The highest BCUT2D eigenvalue weighted by molar-refractivity contribution is 9.10. The van der Waals surface area contributed by atoms with Crippen LogP contribution in [0.5, 0.6) is 5.75 Å². The van der Waals surface area contributed by atoms with Gasteiger partial charge < -0.3 is 9.15 Å². The molecule has 2 aliphatic carbocycles. The Labute approximate surface area is 186 Å². The van der Waals surface area contributed by atoms with Crippen molar-refractivity contribution < 1.29 is 13.9 Å².